The maximum absolute atomic E-state index is 11.9. The van der Waals surface area contributed by atoms with E-state index in [9.17, 15) is 9.90 Å². The molecule has 1 heterocycles. The minimum absolute atomic E-state index is 0.179. The third-order valence-corrected chi connectivity index (χ3v) is 3.42. The third kappa shape index (κ3) is 3.49. The summed E-state index contributed by atoms with van der Waals surface area (Å²) in [5.74, 6) is 0.399. The minimum Gasteiger partial charge on any atom is -0.508 e. The normalized spacial score (nSPS) is 11.1. The van der Waals surface area contributed by atoms with Crippen LogP contribution in [-0.4, -0.2) is 21.2 Å². The molecule has 0 fully saturated rings. The summed E-state index contributed by atoms with van der Waals surface area (Å²) < 4.78 is 0. The van der Waals surface area contributed by atoms with Crippen molar-refractivity contribution in [2.45, 2.75) is 6.54 Å². The van der Waals surface area contributed by atoms with E-state index >= 15 is 0 Å². The number of aromatic amines is 1. The maximum Gasteiger partial charge on any atom is 0.244 e. The van der Waals surface area contributed by atoms with Crippen molar-refractivity contribution in [3.05, 3.63) is 59.7 Å². The second-order valence-electron chi connectivity index (χ2n) is 5.13. The lowest BCUT2D eigenvalue weighted by atomic mass is 10.1. The van der Waals surface area contributed by atoms with Crippen molar-refractivity contribution < 1.29 is 9.90 Å². The highest BCUT2D eigenvalue weighted by Crippen LogP contribution is 2.19. The molecule has 3 rings (SSSR count). The van der Waals surface area contributed by atoms with E-state index in [-0.39, 0.29) is 11.7 Å². The number of fused-ring (bicyclic) bond motifs is 1. The molecule has 5 N–H and O–H groups in total. The summed E-state index contributed by atoms with van der Waals surface area (Å²) in [5, 5.41) is 19.7. The van der Waals surface area contributed by atoms with Gasteiger partial charge in [-0.15, -0.1) is 0 Å². The van der Waals surface area contributed by atoms with Crippen LogP contribution in [0, 0.1) is 0 Å². The Morgan fingerprint density at radius 3 is 3.00 bits per heavy atom. The van der Waals surface area contributed by atoms with E-state index < -0.39 is 0 Å². The number of hydrogen-bond acceptors (Lipinski definition) is 4. The van der Waals surface area contributed by atoms with Gasteiger partial charge in [0.25, 0.3) is 0 Å². The summed E-state index contributed by atoms with van der Waals surface area (Å²) in [7, 11) is 0. The second kappa shape index (κ2) is 6.23. The number of carbonyl (C=O) groups is 1. The molecule has 1 aromatic heterocycles. The Hall–Kier alpha value is -3.28. The number of aromatic nitrogens is 2. The molecule has 0 aliphatic rings. The molecule has 23 heavy (non-hydrogen) atoms. The third-order valence-electron chi connectivity index (χ3n) is 3.42. The zero-order chi connectivity index (χ0) is 16.2. The molecular weight excluding hydrogens is 292 g/mol. The van der Waals surface area contributed by atoms with Crippen LogP contribution in [0.1, 0.15) is 11.1 Å². The topological polar surface area (TPSA) is 104 Å². The predicted molar refractivity (Wildman–Crippen MR) is 89.5 cm³/mol. The van der Waals surface area contributed by atoms with Crippen LogP contribution in [0.3, 0.4) is 0 Å². The fourth-order valence-corrected chi connectivity index (χ4v) is 2.24. The van der Waals surface area contributed by atoms with Gasteiger partial charge in [0, 0.05) is 18.0 Å². The van der Waals surface area contributed by atoms with Gasteiger partial charge in [0.15, 0.2) is 5.82 Å². The van der Waals surface area contributed by atoms with Gasteiger partial charge in [-0.1, -0.05) is 18.2 Å². The van der Waals surface area contributed by atoms with Crippen molar-refractivity contribution in [2.24, 2.45) is 0 Å². The van der Waals surface area contributed by atoms with Gasteiger partial charge in [-0.3, -0.25) is 9.89 Å². The van der Waals surface area contributed by atoms with Gasteiger partial charge in [0.05, 0.1) is 5.52 Å². The van der Waals surface area contributed by atoms with Crippen LogP contribution in [0.4, 0.5) is 5.82 Å². The van der Waals surface area contributed by atoms with Crippen molar-refractivity contribution >= 4 is 28.7 Å². The van der Waals surface area contributed by atoms with Crippen LogP contribution in [0.5, 0.6) is 5.75 Å². The van der Waals surface area contributed by atoms with Crippen molar-refractivity contribution in [2.75, 3.05) is 5.73 Å². The number of hydrogen-bond donors (Lipinski definition) is 4. The number of phenols is 1. The first-order valence-corrected chi connectivity index (χ1v) is 7.09. The summed E-state index contributed by atoms with van der Waals surface area (Å²) >= 11 is 0. The van der Waals surface area contributed by atoms with Gasteiger partial charge in [-0.05, 0) is 41.5 Å². The number of nitrogens with zero attached hydrogens (tertiary/aromatic N) is 1. The smallest absolute Gasteiger partial charge is 0.244 e. The number of benzene rings is 2. The van der Waals surface area contributed by atoms with E-state index in [0.29, 0.717) is 12.4 Å². The van der Waals surface area contributed by atoms with Crippen LogP contribution in [0.15, 0.2) is 48.5 Å². The molecule has 2 aromatic carbocycles. The number of H-pyrrole nitrogens is 1. The van der Waals surface area contributed by atoms with Crippen LogP contribution >= 0.6 is 0 Å². The second-order valence-corrected chi connectivity index (χ2v) is 5.13. The summed E-state index contributed by atoms with van der Waals surface area (Å²) in [6.45, 7) is 0.352. The standard InChI is InChI=1S/C17H16N4O2/c18-17-14-9-11(4-6-15(14)20-21-17)5-7-16(23)19-10-12-2-1-3-13(22)8-12/h1-9,22H,10H2,(H,19,23)(H3,18,20,21). The molecule has 0 unspecified atom stereocenters. The number of anilines is 1. The van der Waals surface area contributed by atoms with E-state index in [4.69, 9.17) is 5.73 Å². The Morgan fingerprint density at radius 1 is 1.30 bits per heavy atom. The number of amides is 1. The van der Waals surface area contributed by atoms with E-state index in [2.05, 4.69) is 15.5 Å². The fourth-order valence-electron chi connectivity index (χ4n) is 2.24. The van der Waals surface area contributed by atoms with Crippen LogP contribution in [0.2, 0.25) is 0 Å². The van der Waals surface area contributed by atoms with Gasteiger partial charge < -0.3 is 16.2 Å². The zero-order valence-corrected chi connectivity index (χ0v) is 12.3. The highest BCUT2D eigenvalue weighted by molar-refractivity contribution is 5.94. The lowest BCUT2D eigenvalue weighted by molar-refractivity contribution is -0.116. The first kappa shape index (κ1) is 14.6. The minimum atomic E-state index is -0.214. The van der Waals surface area contributed by atoms with E-state index in [1.54, 1.807) is 24.3 Å². The van der Waals surface area contributed by atoms with Crippen molar-refractivity contribution in [1.29, 1.82) is 0 Å². The average molecular weight is 308 g/mol. The number of rotatable bonds is 4. The Labute approximate surface area is 132 Å². The summed E-state index contributed by atoms with van der Waals surface area (Å²) in [6.07, 6.45) is 3.17. The molecule has 6 nitrogen and oxygen atoms in total. The molecule has 0 spiro atoms. The molecule has 6 heteroatoms. The lowest BCUT2D eigenvalue weighted by Crippen LogP contribution is -2.20. The number of phenolic OH excluding ortho intramolecular Hbond substituents is 1. The maximum atomic E-state index is 11.9. The fraction of sp³-hybridized carbons (Fsp3) is 0.0588. The van der Waals surface area contributed by atoms with Gasteiger partial charge in [0.1, 0.15) is 5.75 Å². The first-order valence-electron chi connectivity index (χ1n) is 7.09. The molecule has 0 bridgehead atoms. The first-order chi connectivity index (χ1) is 11.1. The molecule has 3 aromatic rings. The van der Waals surface area contributed by atoms with Crippen molar-refractivity contribution in [1.82, 2.24) is 15.5 Å². The largest absolute Gasteiger partial charge is 0.508 e. The van der Waals surface area contributed by atoms with Crippen molar-refractivity contribution in [3.8, 4) is 5.75 Å². The molecule has 0 aliphatic carbocycles. The molecular formula is C17H16N4O2. The number of nitrogen functional groups attached to an aromatic ring is 1. The Balaban J connectivity index is 1.64. The number of nitrogens with two attached hydrogens (primary N) is 1. The number of aromatic hydroxyl groups is 1. The molecule has 0 saturated heterocycles. The molecule has 0 atom stereocenters. The zero-order valence-electron chi connectivity index (χ0n) is 12.3. The highest BCUT2D eigenvalue weighted by atomic mass is 16.3. The molecule has 0 radical (unpaired) electrons. The average Bonchev–Trinajstić information content (AvgIpc) is 2.92. The Morgan fingerprint density at radius 2 is 2.17 bits per heavy atom. The Kier molecular flexibility index (Phi) is 3.97. The number of nitrogens with one attached hydrogen (secondary N) is 2. The van der Waals surface area contributed by atoms with E-state index in [1.807, 2.05) is 24.3 Å². The quantitative estimate of drug-likeness (QED) is 0.554. The molecule has 116 valence electrons. The summed E-state index contributed by atoms with van der Waals surface area (Å²) in [5.41, 5.74) is 8.31. The molecule has 1 amide bonds. The number of carbonyl (C=O) groups excluding carboxylic acids is 1. The highest BCUT2D eigenvalue weighted by Gasteiger charge is 2.02. The van der Waals surface area contributed by atoms with E-state index in [0.717, 1.165) is 22.0 Å². The molecule has 0 aliphatic heterocycles. The van der Waals surface area contributed by atoms with Crippen LogP contribution in [0.25, 0.3) is 17.0 Å². The monoisotopic (exact) mass is 308 g/mol. The van der Waals surface area contributed by atoms with Crippen LogP contribution in [-0.2, 0) is 11.3 Å². The van der Waals surface area contributed by atoms with Gasteiger partial charge in [-0.25, -0.2) is 0 Å². The lowest BCUT2D eigenvalue weighted by Gasteiger charge is -2.03. The van der Waals surface area contributed by atoms with Gasteiger partial charge >= 0.3 is 0 Å². The van der Waals surface area contributed by atoms with Gasteiger partial charge in [-0.2, -0.15) is 5.10 Å². The Bertz CT molecular complexity index is 883. The van der Waals surface area contributed by atoms with Gasteiger partial charge in [0.2, 0.25) is 5.91 Å². The van der Waals surface area contributed by atoms with Crippen molar-refractivity contribution in [3.63, 3.8) is 0 Å². The predicted octanol–water partition coefficient (Wildman–Crippen LogP) is 2.18. The summed E-state index contributed by atoms with van der Waals surface area (Å²) in [4.78, 5) is 11.9. The summed E-state index contributed by atoms with van der Waals surface area (Å²) in [6, 6.07) is 12.4. The van der Waals surface area contributed by atoms with Crippen LogP contribution < -0.4 is 11.1 Å². The van der Waals surface area contributed by atoms with E-state index in [1.165, 1.54) is 6.08 Å². The SMILES string of the molecule is Nc1n[nH]c2ccc(C=CC(=O)NCc3cccc(O)c3)cc12. The molecule has 0 saturated carbocycles.